The van der Waals surface area contributed by atoms with Crippen LogP contribution in [0.2, 0.25) is 0 Å². The predicted molar refractivity (Wildman–Crippen MR) is 112 cm³/mol. The van der Waals surface area contributed by atoms with Crippen molar-refractivity contribution < 1.29 is 0 Å². The molecule has 0 aliphatic carbocycles. The number of aromatic amines is 1. The summed E-state index contributed by atoms with van der Waals surface area (Å²) in [6.45, 7) is 4.19. The molecular weight excluding hydrogens is 408 g/mol. The number of hydrogen-bond acceptors (Lipinski definition) is 2. The fourth-order valence-corrected chi connectivity index (χ4v) is 4.21. The van der Waals surface area contributed by atoms with Crippen molar-refractivity contribution in [1.82, 2.24) is 15.3 Å². The minimum Gasteiger partial charge on any atom is -0.362 e. The van der Waals surface area contributed by atoms with Crippen LogP contribution in [0.4, 0.5) is 5.69 Å². The van der Waals surface area contributed by atoms with Crippen molar-refractivity contribution in [3.05, 3.63) is 81.8 Å². The second-order valence-electron chi connectivity index (χ2n) is 6.51. The van der Waals surface area contributed by atoms with Gasteiger partial charge in [-0.25, -0.2) is 0 Å². The summed E-state index contributed by atoms with van der Waals surface area (Å²) in [5, 5.41) is 4.20. The summed E-state index contributed by atoms with van der Waals surface area (Å²) < 4.78 is 1.05. The Morgan fingerprint density at radius 1 is 1.12 bits per heavy atom. The van der Waals surface area contributed by atoms with Gasteiger partial charge in [0.15, 0.2) is 5.11 Å². The molecule has 3 aromatic rings. The Labute approximate surface area is 166 Å². The fourth-order valence-electron chi connectivity index (χ4n) is 3.60. The van der Waals surface area contributed by atoms with Crippen molar-refractivity contribution in [2.75, 3.05) is 4.90 Å². The molecule has 0 bridgehead atoms. The Hall–Kier alpha value is -2.18. The minimum absolute atomic E-state index is 0.0127. The molecule has 1 fully saturated rings. The molecule has 1 aromatic carbocycles. The number of nitrogens with one attached hydrogen (secondary N) is 2. The van der Waals surface area contributed by atoms with Crippen molar-refractivity contribution in [1.29, 1.82) is 0 Å². The molecule has 2 N–H and O–H groups in total. The highest BCUT2D eigenvalue weighted by atomic mass is 79.9. The molecule has 0 amide bonds. The van der Waals surface area contributed by atoms with Crippen LogP contribution in [0, 0.1) is 13.8 Å². The summed E-state index contributed by atoms with van der Waals surface area (Å²) >= 11 is 9.24. The topological polar surface area (TPSA) is 44.0 Å². The highest BCUT2D eigenvalue weighted by molar-refractivity contribution is 9.10. The van der Waals surface area contributed by atoms with E-state index in [0.29, 0.717) is 5.11 Å². The Morgan fingerprint density at radius 3 is 2.50 bits per heavy atom. The molecule has 0 radical (unpaired) electrons. The van der Waals surface area contributed by atoms with Crippen LogP contribution < -0.4 is 10.2 Å². The molecule has 4 rings (SSSR count). The van der Waals surface area contributed by atoms with Gasteiger partial charge in [0.1, 0.15) is 0 Å². The van der Waals surface area contributed by atoms with Gasteiger partial charge in [0.25, 0.3) is 0 Å². The smallest absolute Gasteiger partial charge is 0.174 e. The summed E-state index contributed by atoms with van der Waals surface area (Å²) in [4.78, 5) is 10.2. The molecule has 2 aromatic heterocycles. The lowest BCUT2D eigenvalue weighted by Crippen LogP contribution is -2.29. The molecule has 0 unspecified atom stereocenters. The van der Waals surface area contributed by atoms with Crippen LogP contribution in [0.1, 0.15) is 34.7 Å². The van der Waals surface area contributed by atoms with Crippen molar-refractivity contribution in [3.63, 3.8) is 0 Å². The highest BCUT2D eigenvalue weighted by Crippen LogP contribution is 2.42. The van der Waals surface area contributed by atoms with Gasteiger partial charge in [0, 0.05) is 27.7 Å². The van der Waals surface area contributed by atoms with Crippen LogP contribution in [0.15, 0.2) is 59.2 Å². The Kier molecular flexibility index (Phi) is 4.54. The third kappa shape index (κ3) is 3.04. The molecule has 1 aliphatic rings. The number of pyridine rings is 1. The Balaban J connectivity index is 1.85. The van der Waals surface area contributed by atoms with E-state index in [9.17, 15) is 0 Å². The summed E-state index contributed by atoms with van der Waals surface area (Å²) in [6, 6.07) is 16.5. The monoisotopic (exact) mass is 426 g/mol. The van der Waals surface area contributed by atoms with Gasteiger partial charge >= 0.3 is 0 Å². The number of halogens is 1. The van der Waals surface area contributed by atoms with E-state index in [1.165, 1.54) is 5.56 Å². The molecular formula is C20H19BrN4S. The number of anilines is 1. The molecule has 0 spiro atoms. The summed E-state index contributed by atoms with van der Waals surface area (Å²) in [5.74, 6) is 0. The number of hydrogen-bond donors (Lipinski definition) is 2. The standard InChI is InChI=1S/C20H19BrN4S/c1-12-11-16(13(2)23-12)19-18(17-5-3-4-10-22-17)24-20(26)25(19)15-8-6-14(21)7-9-15/h3-11,18-19,23H,1-2H3,(H,24,26)/t18-,19+/m0/s1. The van der Waals surface area contributed by atoms with E-state index >= 15 is 0 Å². The molecule has 1 aliphatic heterocycles. The van der Waals surface area contributed by atoms with E-state index in [0.717, 1.165) is 27.2 Å². The van der Waals surface area contributed by atoms with Gasteiger partial charge in [-0.15, -0.1) is 0 Å². The quantitative estimate of drug-likeness (QED) is 0.580. The average molecular weight is 427 g/mol. The van der Waals surface area contributed by atoms with E-state index in [4.69, 9.17) is 12.2 Å². The molecule has 26 heavy (non-hydrogen) atoms. The predicted octanol–water partition coefficient (Wildman–Crippen LogP) is 4.97. The van der Waals surface area contributed by atoms with E-state index in [2.05, 4.69) is 68.2 Å². The number of H-pyrrole nitrogens is 1. The third-order valence-electron chi connectivity index (χ3n) is 4.71. The van der Waals surface area contributed by atoms with E-state index in [1.807, 2.05) is 36.5 Å². The lowest BCUT2D eigenvalue weighted by atomic mass is 9.96. The van der Waals surface area contributed by atoms with Gasteiger partial charge in [0.2, 0.25) is 0 Å². The van der Waals surface area contributed by atoms with E-state index < -0.39 is 0 Å². The first-order valence-corrected chi connectivity index (χ1v) is 9.67. The van der Waals surface area contributed by atoms with Crippen LogP contribution in [0.25, 0.3) is 0 Å². The lowest BCUT2D eigenvalue weighted by Gasteiger charge is -2.28. The average Bonchev–Trinajstić information content (AvgIpc) is 3.15. The highest BCUT2D eigenvalue weighted by Gasteiger charge is 2.41. The summed E-state index contributed by atoms with van der Waals surface area (Å²) in [6.07, 6.45) is 1.83. The van der Waals surface area contributed by atoms with Crippen LogP contribution >= 0.6 is 28.1 Å². The first-order valence-electron chi connectivity index (χ1n) is 8.47. The lowest BCUT2D eigenvalue weighted by molar-refractivity contribution is 0.566. The molecule has 0 saturated carbocycles. The molecule has 6 heteroatoms. The van der Waals surface area contributed by atoms with Crippen LogP contribution in [-0.2, 0) is 0 Å². The van der Waals surface area contributed by atoms with Crippen LogP contribution in [-0.4, -0.2) is 15.1 Å². The van der Waals surface area contributed by atoms with Crippen molar-refractivity contribution >= 4 is 38.9 Å². The first kappa shape index (κ1) is 17.2. The first-order chi connectivity index (χ1) is 12.5. The number of aryl methyl sites for hydroxylation is 2. The maximum absolute atomic E-state index is 5.72. The van der Waals surface area contributed by atoms with Gasteiger partial charge in [-0.2, -0.15) is 0 Å². The SMILES string of the molecule is Cc1cc([C@@H]2[C@H](c3ccccn3)NC(=S)N2c2ccc(Br)cc2)c(C)[nH]1. The molecule has 1 saturated heterocycles. The van der Waals surface area contributed by atoms with Gasteiger partial charge < -0.3 is 15.2 Å². The van der Waals surface area contributed by atoms with Gasteiger partial charge in [-0.1, -0.05) is 22.0 Å². The molecule has 4 nitrogen and oxygen atoms in total. The number of aromatic nitrogens is 2. The molecule has 3 heterocycles. The maximum Gasteiger partial charge on any atom is 0.174 e. The third-order valence-corrected chi connectivity index (χ3v) is 5.55. The fraction of sp³-hybridized carbons (Fsp3) is 0.200. The number of thiocarbonyl (C=S) groups is 1. The molecule has 132 valence electrons. The Morgan fingerprint density at radius 2 is 1.88 bits per heavy atom. The zero-order valence-electron chi connectivity index (χ0n) is 14.5. The normalized spacial score (nSPS) is 19.7. The number of rotatable bonds is 3. The van der Waals surface area contributed by atoms with Crippen molar-refractivity contribution in [2.45, 2.75) is 25.9 Å². The largest absolute Gasteiger partial charge is 0.362 e. The zero-order chi connectivity index (χ0) is 18.3. The van der Waals surface area contributed by atoms with Crippen LogP contribution in [0.5, 0.6) is 0 Å². The van der Waals surface area contributed by atoms with E-state index in [1.54, 1.807) is 0 Å². The zero-order valence-corrected chi connectivity index (χ0v) is 16.9. The van der Waals surface area contributed by atoms with Gasteiger partial charge in [-0.3, -0.25) is 4.98 Å². The maximum atomic E-state index is 5.72. The van der Waals surface area contributed by atoms with Crippen LogP contribution in [0.3, 0.4) is 0 Å². The Bertz CT molecular complexity index is 936. The number of benzene rings is 1. The van der Waals surface area contributed by atoms with E-state index in [-0.39, 0.29) is 12.1 Å². The summed E-state index contributed by atoms with van der Waals surface area (Å²) in [7, 11) is 0. The van der Waals surface area contributed by atoms with Crippen molar-refractivity contribution in [2.24, 2.45) is 0 Å². The van der Waals surface area contributed by atoms with Gasteiger partial charge in [0.05, 0.1) is 17.8 Å². The van der Waals surface area contributed by atoms with Gasteiger partial charge in [-0.05, 0) is 74.1 Å². The number of nitrogens with zero attached hydrogens (tertiary/aromatic N) is 2. The van der Waals surface area contributed by atoms with Crippen molar-refractivity contribution in [3.8, 4) is 0 Å². The second-order valence-corrected chi connectivity index (χ2v) is 7.81. The minimum atomic E-state index is -0.0127. The summed E-state index contributed by atoms with van der Waals surface area (Å²) in [5.41, 5.74) is 5.58. The second kappa shape index (κ2) is 6.85. The molecule has 2 atom stereocenters.